The molecule has 0 aromatic carbocycles. The van der Waals surface area contributed by atoms with Crippen molar-refractivity contribution in [3.05, 3.63) is 11.6 Å². The third-order valence-corrected chi connectivity index (χ3v) is 3.92. The molecule has 0 aromatic heterocycles. The van der Waals surface area contributed by atoms with E-state index in [1.807, 2.05) is 13.8 Å². The minimum atomic E-state index is -1.69. The second-order valence-corrected chi connectivity index (χ2v) is 6.36. The zero-order chi connectivity index (χ0) is 17.6. The van der Waals surface area contributed by atoms with Crippen molar-refractivity contribution < 1.29 is 34.7 Å². The van der Waals surface area contributed by atoms with Crippen molar-refractivity contribution in [2.24, 2.45) is 5.92 Å². The summed E-state index contributed by atoms with van der Waals surface area (Å²) < 4.78 is 10.4. The minimum absolute atomic E-state index is 0.271. The normalized spacial score (nSPS) is 32.3. The lowest BCUT2D eigenvalue weighted by Gasteiger charge is -2.38. The summed E-state index contributed by atoms with van der Waals surface area (Å²) in [5.41, 5.74) is 1.28. The number of hydrogen-bond donors (Lipinski definition) is 4. The second-order valence-electron chi connectivity index (χ2n) is 6.36. The van der Waals surface area contributed by atoms with Crippen molar-refractivity contribution in [3.8, 4) is 0 Å². The zero-order valence-corrected chi connectivity index (χ0v) is 13.9. The van der Waals surface area contributed by atoms with Gasteiger partial charge in [0.05, 0.1) is 6.61 Å². The van der Waals surface area contributed by atoms with Crippen molar-refractivity contribution in [1.82, 2.24) is 0 Å². The van der Waals surface area contributed by atoms with E-state index in [2.05, 4.69) is 13.0 Å². The predicted molar refractivity (Wildman–Crippen MR) is 82.7 cm³/mol. The van der Waals surface area contributed by atoms with Crippen LogP contribution in [-0.2, 0) is 14.3 Å². The third kappa shape index (κ3) is 6.19. The van der Waals surface area contributed by atoms with E-state index in [-0.39, 0.29) is 6.61 Å². The van der Waals surface area contributed by atoms with Crippen LogP contribution in [-0.4, -0.2) is 63.7 Å². The van der Waals surface area contributed by atoms with Gasteiger partial charge in [0.15, 0.2) is 12.4 Å². The summed E-state index contributed by atoms with van der Waals surface area (Å²) in [6.45, 7) is 6.45. The van der Waals surface area contributed by atoms with Crippen molar-refractivity contribution in [1.29, 1.82) is 0 Å². The van der Waals surface area contributed by atoms with Crippen LogP contribution in [0.3, 0.4) is 0 Å². The summed E-state index contributed by atoms with van der Waals surface area (Å²) in [7, 11) is 0. The molecule has 0 aromatic rings. The summed E-state index contributed by atoms with van der Waals surface area (Å²) in [6, 6.07) is 0. The number of allylic oxidation sites excluding steroid dienone is 2. The monoisotopic (exact) mass is 332 g/mol. The van der Waals surface area contributed by atoms with Gasteiger partial charge in [0.25, 0.3) is 0 Å². The highest BCUT2D eigenvalue weighted by atomic mass is 16.7. The molecule has 1 rings (SSSR count). The van der Waals surface area contributed by atoms with Crippen LogP contribution >= 0.6 is 0 Å². The van der Waals surface area contributed by atoms with Gasteiger partial charge >= 0.3 is 5.97 Å². The van der Waals surface area contributed by atoms with E-state index in [9.17, 15) is 20.1 Å². The van der Waals surface area contributed by atoms with Gasteiger partial charge in [0.1, 0.15) is 18.3 Å². The molecule has 1 aliphatic rings. The van der Waals surface area contributed by atoms with E-state index in [4.69, 9.17) is 14.6 Å². The van der Waals surface area contributed by atoms with E-state index in [1.54, 1.807) is 0 Å². The molecule has 6 atom stereocenters. The Balaban J connectivity index is 2.41. The Morgan fingerprint density at radius 1 is 1.17 bits per heavy atom. The van der Waals surface area contributed by atoms with Crippen LogP contribution in [0.1, 0.15) is 40.0 Å². The molecule has 0 spiro atoms. The first kappa shape index (κ1) is 20.1. The number of aliphatic hydroxyl groups is 3. The molecule has 0 saturated carbocycles. The van der Waals surface area contributed by atoms with Gasteiger partial charge in [0.2, 0.25) is 0 Å². The van der Waals surface area contributed by atoms with Crippen molar-refractivity contribution >= 4 is 5.97 Å². The average Bonchev–Trinajstić information content (AvgIpc) is 2.46. The first-order chi connectivity index (χ1) is 10.7. The molecule has 1 saturated heterocycles. The minimum Gasteiger partial charge on any atom is -0.479 e. The van der Waals surface area contributed by atoms with Crippen molar-refractivity contribution in [2.45, 2.75) is 70.7 Å². The van der Waals surface area contributed by atoms with Gasteiger partial charge in [-0.15, -0.1) is 0 Å². The molecular weight excluding hydrogens is 304 g/mol. The number of aliphatic hydroxyl groups excluding tert-OH is 3. The van der Waals surface area contributed by atoms with Gasteiger partial charge in [-0.1, -0.05) is 18.6 Å². The molecule has 0 radical (unpaired) electrons. The zero-order valence-electron chi connectivity index (χ0n) is 13.9. The van der Waals surface area contributed by atoms with Crippen molar-refractivity contribution in [3.63, 3.8) is 0 Å². The second kappa shape index (κ2) is 9.34. The maximum atomic E-state index is 11.0. The van der Waals surface area contributed by atoms with E-state index >= 15 is 0 Å². The maximum absolute atomic E-state index is 11.0. The molecule has 23 heavy (non-hydrogen) atoms. The van der Waals surface area contributed by atoms with E-state index in [0.29, 0.717) is 5.92 Å². The number of rotatable bonds is 8. The molecule has 2 unspecified atom stereocenters. The number of hydrogen-bond acceptors (Lipinski definition) is 6. The van der Waals surface area contributed by atoms with Crippen LogP contribution in [0.5, 0.6) is 0 Å². The Hall–Kier alpha value is -0.990. The van der Waals surface area contributed by atoms with Gasteiger partial charge in [-0.05, 0) is 39.0 Å². The van der Waals surface area contributed by atoms with Crippen LogP contribution in [0.15, 0.2) is 11.6 Å². The van der Waals surface area contributed by atoms with Crippen LogP contribution in [0.25, 0.3) is 0 Å². The van der Waals surface area contributed by atoms with Gasteiger partial charge in [-0.2, -0.15) is 0 Å². The number of ether oxygens (including phenoxy) is 2. The average molecular weight is 332 g/mol. The van der Waals surface area contributed by atoms with Crippen LogP contribution < -0.4 is 0 Å². The van der Waals surface area contributed by atoms with Crippen LogP contribution in [0, 0.1) is 5.92 Å². The summed E-state index contributed by atoms with van der Waals surface area (Å²) in [5, 5.41) is 38.0. The SMILES string of the molecule is CC(C)=CCCC(C)CCOC1O[C@H](C(=O)O)[C@@H](O)[C@H](O)[C@H]1O. The molecule has 0 aliphatic carbocycles. The summed E-state index contributed by atoms with van der Waals surface area (Å²) in [4.78, 5) is 11.0. The molecule has 7 heteroatoms. The molecule has 4 N–H and O–H groups in total. The van der Waals surface area contributed by atoms with Gasteiger partial charge < -0.3 is 29.9 Å². The number of carbonyl (C=O) groups is 1. The van der Waals surface area contributed by atoms with Gasteiger partial charge in [-0.25, -0.2) is 4.79 Å². The molecule has 134 valence electrons. The largest absolute Gasteiger partial charge is 0.479 e. The topological polar surface area (TPSA) is 116 Å². The lowest BCUT2D eigenvalue weighted by atomic mass is 9.99. The highest BCUT2D eigenvalue weighted by molar-refractivity contribution is 5.73. The molecule has 0 amide bonds. The number of aliphatic carboxylic acids is 1. The van der Waals surface area contributed by atoms with E-state index < -0.39 is 36.7 Å². The fourth-order valence-electron chi connectivity index (χ4n) is 2.38. The highest BCUT2D eigenvalue weighted by Gasteiger charge is 2.47. The molecule has 1 heterocycles. The van der Waals surface area contributed by atoms with Gasteiger partial charge in [-0.3, -0.25) is 0 Å². The van der Waals surface area contributed by atoms with Gasteiger partial charge in [0, 0.05) is 0 Å². The highest BCUT2D eigenvalue weighted by Crippen LogP contribution is 2.23. The Labute approximate surface area is 136 Å². The molecule has 1 aliphatic heterocycles. The first-order valence-corrected chi connectivity index (χ1v) is 7.91. The number of carboxylic acids is 1. The molecule has 7 nitrogen and oxygen atoms in total. The fourth-order valence-corrected chi connectivity index (χ4v) is 2.38. The quantitative estimate of drug-likeness (QED) is 0.483. The van der Waals surface area contributed by atoms with E-state index in [0.717, 1.165) is 19.3 Å². The molecule has 1 fully saturated rings. The lowest BCUT2D eigenvalue weighted by Crippen LogP contribution is -2.60. The Bertz CT molecular complexity index is 405. The third-order valence-electron chi connectivity index (χ3n) is 3.92. The molecular formula is C16H28O7. The predicted octanol–water partition coefficient (Wildman–Crippen LogP) is 0.668. The van der Waals surface area contributed by atoms with E-state index in [1.165, 1.54) is 5.57 Å². The number of carboxylic acid groups (broad SMARTS) is 1. The lowest BCUT2D eigenvalue weighted by molar-refractivity contribution is -0.294. The summed E-state index contributed by atoms with van der Waals surface area (Å²) in [5.74, 6) is -1.01. The first-order valence-electron chi connectivity index (χ1n) is 7.91. The Morgan fingerprint density at radius 2 is 1.83 bits per heavy atom. The van der Waals surface area contributed by atoms with Crippen LogP contribution in [0.2, 0.25) is 0 Å². The Morgan fingerprint density at radius 3 is 2.39 bits per heavy atom. The molecule has 0 bridgehead atoms. The smallest absolute Gasteiger partial charge is 0.335 e. The van der Waals surface area contributed by atoms with Crippen LogP contribution in [0.4, 0.5) is 0 Å². The van der Waals surface area contributed by atoms with Crippen molar-refractivity contribution in [2.75, 3.05) is 6.61 Å². The summed E-state index contributed by atoms with van der Waals surface area (Å²) in [6.07, 6.45) is -2.80. The standard InChI is InChI=1S/C16H28O7/c1-9(2)5-4-6-10(3)7-8-22-16-13(19)11(17)12(18)14(23-16)15(20)21/h5,10-14,16-19H,4,6-8H2,1-3H3,(H,20,21)/t10?,11-,12-,13+,14-,16?/m0/s1. The summed E-state index contributed by atoms with van der Waals surface area (Å²) >= 11 is 0. The Kier molecular flexibility index (Phi) is 8.15. The fraction of sp³-hybridized carbons (Fsp3) is 0.812. The maximum Gasteiger partial charge on any atom is 0.335 e.